The van der Waals surface area contributed by atoms with Gasteiger partial charge in [-0.2, -0.15) is 0 Å². The predicted octanol–water partition coefficient (Wildman–Crippen LogP) is 3.05. The van der Waals surface area contributed by atoms with E-state index in [-0.39, 0.29) is 0 Å². The molecule has 100 valence electrons. The minimum Gasteiger partial charge on any atom is -0.396 e. The summed E-state index contributed by atoms with van der Waals surface area (Å²) in [5.41, 5.74) is 8.56. The molecule has 0 unspecified atom stereocenters. The molecule has 0 saturated carbocycles. The van der Waals surface area contributed by atoms with Crippen LogP contribution in [0.3, 0.4) is 0 Å². The van der Waals surface area contributed by atoms with Gasteiger partial charge in [-0.05, 0) is 32.0 Å². The van der Waals surface area contributed by atoms with E-state index in [2.05, 4.69) is 21.8 Å². The Morgan fingerprint density at radius 2 is 2.16 bits per heavy atom. The van der Waals surface area contributed by atoms with E-state index in [9.17, 15) is 0 Å². The summed E-state index contributed by atoms with van der Waals surface area (Å²) in [6, 6.07) is 7.71. The van der Waals surface area contributed by atoms with Crippen LogP contribution in [0.15, 0.2) is 30.5 Å². The Bertz CT molecular complexity index is 571. The van der Waals surface area contributed by atoms with Gasteiger partial charge >= 0.3 is 0 Å². The molecule has 2 rings (SSSR count). The van der Waals surface area contributed by atoms with Gasteiger partial charge in [0, 0.05) is 18.4 Å². The lowest BCUT2D eigenvalue weighted by molar-refractivity contribution is 0.792. The van der Waals surface area contributed by atoms with Crippen LogP contribution in [0.25, 0.3) is 0 Å². The number of hydrogen-bond acceptors (Lipinski definition) is 4. The van der Waals surface area contributed by atoms with Gasteiger partial charge in [0.15, 0.2) is 5.82 Å². The fourth-order valence-electron chi connectivity index (χ4n) is 1.93. The van der Waals surface area contributed by atoms with Gasteiger partial charge in [-0.15, -0.1) is 0 Å². The van der Waals surface area contributed by atoms with Crippen molar-refractivity contribution in [2.75, 3.05) is 17.2 Å². The zero-order chi connectivity index (χ0) is 13.8. The average molecular weight is 277 g/mol. The third-order valence-electron chi connectivity index (χ3n) is 2.84. The first-order chi connectivity index (χ1) is 9.10. The molecule has 0 spiro atoms. The minimum atomic E-state index is 0.547. The Balaban J connectivity index is 2.25. The number of anilines is 2. The Labute approximate surface area is 118 Å². The zero-order valence-electron chi connectivity index (χ0n) is 11.1. The summed E-state index contributed by atoms with van der Waals surface area (Å²) < 4.78 is 0. The molecular weight excluding hydrogens is 260 g/mol. The topological polar surface area (TPSA) is 55.0 Å². The van der Waals surface area contributed by atoms with Gasteiger partial charge in [-0.3, -0.25) is 4.98 Å². The van der Waals surface area contributed by atoms with Crippen molar-refractivity contribution < 1.29 is 0 Å². The molecule has 2 heterocycles. The third kappa shape index (κ3) is 3.35. The van der Waals surface area contributed by atoms with Crippen LogP contribution in [-0.4, -0.2) is 16.5 Å². The van der Waals surface area contributed by atoms with Crippen molar-refractivity contribution in [3.63, 3.8) is 0 Å². The number of aromatic nitrogens is 2. The Kier molecular flexibility index (Phi) is 4.22. The molecule has 0 aliphatic carbocycles. The molecule has 2 aromatic rings. The fourth-order valence-corrected chi connectivity index (χ4v) is 2.10. The van der Waals surface area contributed by atoms with E-state index in [0.717, 1.165) is 23.8 Å². The van der Waals surface area contributed by atoms with Crippen LogP contribution < -0.4 is 10.6 Å². The Morgan fingerprint density at radius 3 is 2.79 bits per heavy atom. The van der Waals surface area contributed by atoms with Gasteiger partial charge < -0.3 is 10.6 Å². The second-order valence-electron chi connectivity index (χ2n) is 4.35. The summed E-state index contributed by atoms with van der Waals surface area (Å²) in [5.74, 6) is 0.746. The van der Waals surface area contributed by atoms with Gasteiger partial charge in [0.1, 0.15) is 0 Å². The van der Waals surface area contributed by atoms with E-state index in [1.165, 1.54) is 0 Å². The average Bonchev–Trinajstić information content (AvgIpc) is 2.37. The Hall–Kier alpha value is -1.81. The maximum absolute atomic E-state index is 5.97. The molecule has 0 aromatic carbocycles. The summed E-state index contributed by atoms with van der Waals surface area (Å²) in [4.78, 5) is 10.9. The van der Waals surface area contributed by atoms with Crippen molar-refractivity contribution in [3.8, 4) is 0 Å². The monoisotopic (exact) mass is 276 g/mol. The number of nitrogens with zero attached hydrogens (tertiary/aromatic N) is 3. The molecule has 0 radical (unpaired) electrons. The normalized spacial score (nSPS) is 10.5. The van der Waals surface area contributed by atoms with Crippen molar-refractivity contribution in [1.82, 2.24) is 9.97 Å². The summed E-state index contributed by atoms with van der Waals surface area (Å²) >= 11 is 5.87. The van der Waals surface area contributed by atoms with Crippen LogP contribution in [-0.2, 0) is 6.54 Å². The molecule has 4 nitrogen and oxygen atoms in total. The number of pyridine rings is 2. The molecule has 2 N–H and O–H groups in total. The molecule has 0 amide bonds. The van der Waals surface area contributed by atoms with Gasteiger partial charge in [0.2, 0.25) is 0 Å². The quantitative estimate of drug-likeness (QED) is 0.932. The standard InChI is InChI=1S/C14H17ClN4/c1-3-19(9-12-6-4-5-10(2)18-12)14-13(16)7-11(15)8-17-14/h4-8H,3,9,16H2,1-2H3. The summed E-state index contributed by atoms with van der Waals surface area (Å²) in [5, 5.41) is 0.547. The highest BCUT2D eigenvalue weighted by atomic mass is 35.5. The number of nitrogen functional groups attached to an aromatic ring is 1. The van der Waals surface area contributed by atoms with Crippen LogP contribution in [0.2, 0.25) is 5.02 Å². The SMILES string of the molecule is CCN(Cc1cccc(C)n1)c1ncc(Cl)cc1N. The maximum Gasteiger partial charge on any atom is 0.152 e. The number of hydrogen-bond donors (Lipinski definition) is 1. The van der Waals surface area contributed by atoms with Gasteiger partial charge in [0.25, 0.3) is 0 Å². The predicted molar refractivity (Wildman–Crippen MR) is 79.4 cm³/mol. The number of aryl methyl sites for hydroxylation is 1. The first-order valence-corrected chi connectivity index (χ1v) is 6.56. The van der Waals surface area contributed by atoms with Crippen LogP contribution in [0.5, 0.6) is 0 Å². The Morgan fingerprint density at radius 1 is 1.37 bits per heavy atom. The van der Waals surface area contributed by atoms with E-state index in [1.807, 2.05) is 25.1 Å². The maximum atomic E-state index is 5.97. The lowest BCUT2D eigenvalue weighted by atomic mass is 10.2. The molecule has 0 atom stereocenters. The van der Waals surface area contributed by atoms with Crippen molar-refractivity contribution in [1.29, 1.82) is 0 Å². The highest BCUT2D eigenvalue weighted by Crippen LogP contribution is 2.24. The van der Waals surface area contributed by atoms with Crippen LogP contribution >= 0.6 is 11.6 Å². The first kappa shape index (κ1) is 13.6. The summed E-state index contributed by atoms with van der Waals surface area (Å²) in [6.45, 7) is 5.52. The lowest BCUT2D eigenvalue weighted by Gasteiger charge is -2.23. The van der Waals surface area contributed by atoms with E-state index >= 15 is 0 Å². The summed E-state index contributed by atoms with van der Waals surface area (Å²) in [7, 11) is 0. The van der Waals surface area contributed by atoms with E-state index < -0.39 is 0 Å². The largest absolute Gasteiger partial charge is 0.396 e. The molecule has 19 heavy (non-hydrogen) atoms. The van der Waals surface area contributed by atoms with Crippen molar-refractivity contribution in [3.05, 3.63) is 46.9 Å². The van der Waals surface area contributed by atoms with Crippen LogP contribution in [0.4, 0.5) is 11.5 Å². The smallest absolute Gasteiger partial charge is 0.152 e. The lowest BCUT2D eigenvalue weighted by Crippen LogP contribution is -2.24. The molecule has 0 aliphatic rings. The van der Waals surface area contributed by atoms with Gasteiger partial charge in [-0.1, -0.05) is 17.7 Å². The molecule has 5 heteroatoms. The molecule has 0 bridgehead atoms. The first-order valence-electron chi connectivity index (χ1n) is 6.18. The van der Waals surface area contributed by atoms with Gasteiger partial charge in [-0.25, -0.2) is 4.98 Å². The molecule has 2 aromatic heterocycles. The van der Waals surface area contributed by atoms with Gasteiger partial charge in [0.05, 0.1) is 22.9 Å². The minimum absolute atomic E-state index is 0.547. The fraction of sp³-hybridized carbons (Fsp3) is 0.286. The second-order valence-corrected chi connectivity index (χ2v) is 4.79. The van der Waals surface area contributed by atoms with E-state index in [4.69, 9.17) is 17.3 Å². The number of halogens is 1. The highest BCUT2D eigenvalue weighted by molar-refractivity contribution is 6.30. The van der Waals surface area contributed by atoms with E-state index in [1.54, 1.807) is 12.3 Å². The number of rotatable bonds is 4. The van der Waals surface area contributed by atoms with Crippen molar-refractivity contribution in [2.45, 2.75) is 20.4 Å². The molecule has 0 saturated heterocycles. The highest BCUT2D eigenvalue weighted by Gasteiger charge is 2.11. The third-order valence-corrected chi connectivity index (χ3v) is 3.05. The van der Waals surface area contributed by atoms with Crippen molar-refractivity contribution >= 4 is 23.1 Å². The van der Waals surface area contributed by atoms with Crippen LogP contribution in [0, 0.1) is 6.92 Å². The zero-order valence-corrected chi connectivity index (χ0v) is 11.9. The summed E-state index contributed by atoms with van der Waals surface area (Å²) in [6.07, 6.45) is 1.61. The molecule has 0 aliphatic heterocycles. The number of nitrogens with two attached hydrogens (primary N) is 1. The van der Waals surface area contributed by atoms with Crippen LogP contribution in [0.1, 0.15) is 18.3 Å². The van der Waals surface area contributed by atoms with E-state index in [0.29, 0.717) is 17.3 Å². The second kappa shape index (κ2) is 5.89. The molecular formula is C14H17ClN4. The molecule has 0 fully saturated rings. The van der Waals surface area contributed by atoms with Crippen molar-refractivity contribution in [2.24, 2.45) is 0 Å².